The van der Waals surface area contributed by atoms with Crippen LogP contribution in [0.15, 0.2) is 90.6 Å². The van der Waals surface area contributed by atoms with E-state index >= 15 is 0 Å². The number of methoxy groups -OCH3 is 2. The summed E-state index contributed by atoms with van der Waals surface area (Å²) in [6, 6.07) is 19.6. The lowest BCUT2D eigenvalue weighted by atomic mass is 10.0. The van der Waals surface area contributed by atoms with Gasteiger partial charge in [-0.2, -0.15) is 10.2 Å². The molecule has 0 spiro atoms. The van der Waals surface area contributed by atoms with Crippen LogP contribution in [-0.4, -0.2) is 36.6 Å². The summed E-state index contributed by atoms with van der Waals surface area (Å²) >= 11 is 9.84. The Hall–Kier alpha value is -3.58. The first-order valence-electron chi connectivity index (χ1n) is 11.8. The average molecular weight is 698 g/mol. The summed E-state index contributed by atoms with van der Waals surface area (Å²) in [7, 11) is 3.25. The van der Waals surface area contributed by atoms with Crippen LogP contribution in [0.4, 0.5) is 10.3 Å². The van der Waals surface area contributed by atoms with Crippen LogP contribution in [0.2, 0.25) is 0 Å². The van der Waals surface area contributed by atoms with Crippen LogP contribution in [-0.2, 0) is 0 Å². The first-order valence-corrected chi connectivity index (χ1v) is 15.1. The Balaban J connectivity index is 1.36. The Morgan fingerprint density at radius 1 is 0.700 bits per heavy atom. The number of thiazole rings is 2. The van der Waals surface area contributed by atoms with Gasteiger partial charge in [0.15, 0.2) is 0 Å². The molecule has 12 heteroatoms. The minimum atomic E-state index is 0.641. The van der Waals surface area contributed by atoms with Crippen molar-refractivity contribution in [2.75, 3.05) is 25.1 Å². The van der Waals surface area contributed by atoms with Gasteiger partial charge in [0, 0.05) is 36.9 Å². The molecular weight excluding hydrogens is 676 g/mol. The normalized spacial score (nSPS) is 11.3. The second kappa shape index (κ2) is 13.2. The molecule has 0 atom stereocenters. The van der Waals surface area contributed by atoms with Gasteiger partial charge >= 0.3 is 0 Å². The summed E-state index contributed by atoms with van der Waals surface area (Å²) in [6.45, 7) is 0. The lowest BCUT2D eigenvalue weighted by Gasteiger charge is -2.13. The molecule has 2 aromatic heterocycles. The fourth-order valence-corrected chi connectivity index (χ4v) is 5.85. The fourth-order valence-electron chi connectivity index (χ4n) is 3.69. The van der Waals surface area contributed by atoms with Crippen LogP contribution in [0.3, 0.4) is 0 Å². The molecule has 0 unspecified atom stereocenters. The van der Waals surface area contributed by atoms with Gasteiger partial charge in [-0.15, -0.1) is 22.7 Å². The van der Waals surface area contributed by atoms with E-state index in [-0.39, 0.29) is 0 Å². The van der Waals surface area contributed by atoms with E-state index in [9.17, 15) is 0 Å². The molecule has 0 saturated carbocycles. The number of hydrogen-bond acceptors (Lipinski definition) is 10. The van der Waals surface area contributed by atoms with Gasteiger partial charge in [0.05, 0.1) is 38.0 Å². The van der Waals surface area contributed by atoms with E-state index < -0.39 is 0 Å². The molecule has 8 nitrogen and oxygen atoms in total. The highest BCUT2D eigenvalue weighted by Crippen LogP contribution is 2.42. The van der Waals surface area contributed by atoms with E-state index in [1.54, 1.807) is 26.6 Å². The van der Waals surface area contributed by atoms with Crippen LogP contribution in [0.5, 0.6) is 11.5 Å². The summed E-state index contributed by atoms with van der Waals surface area (Å²) < 4.78 is 13.3. The maximum absolute atomic E-state index is 5.68. The van der Waals surface area contributed by atoms with Gasteiger partial charge in [0.1, 0.15) is 11.5 Å². The smallest absolute Gasteiger partial charge is 0.203 e. The van der Waals surface area contributed by atoms with Crippen molar-refractivity contribution in [2.45, 2.75) is 0 Å². The van der Waals surface area contributed by atoms with Crippen LogP contribution in [0.25, 0.3) is 22.5 Å². The van der Waals surface area contributed by atoms with E-state index in [2.05, 4.69) is 52.9 Å². The molecule has 0 fully saturated rings. The Bertz CT molecular complexity index is 1570. The molecule has 0 amide bonds. The number of benzene rings is 3. The summed E-state index contributed by atoms with van der Waals surface area (Å²) in [5.41, 5.74) is 11.1. The highest BCUT2D eigenvalue weighted by Gasteiger charge is 2.18. The van der Waals surface area contributed by atoms with Crippen LogP contribution in [0, 0.1) is 0 Å². The molecule has 0 saturated heterocycles. The molecule has 40 heavy (non-hydrogen) atoms. The summed E-state index contributed by atoms with van der Waals surface area (Å²) in [5, 5.41) is 13.9. The second-order valence-corrected chi connectivity index (χ2v) is 11.7. The first kappa shape index (κ1) is 28.0. The largest absolute Gasteiger partial charge is 0.496 e. The quantitative estimate of drug-likeness (QED) is 0.113. The number of anilines is 2. The van der Waals surface area contributed by atoms with E-state index in [0.29, 0.717) is 21.8 Å². The Labute approximate surface area is 256 Å². The summed E-state index contributed by atoms with van der Waals surface area (Å²) in [6.07, 6.45) is 3.49. The zero-order valence-corrected chi connectivity index (χ0v) is 26.1. The zero-order chi connectivity index (χ0) is 27.9. The summed E-state index contributed by atoms with van der Waals surface area (Å²) in [4.78, 5) is 9.44. The van der Waals surface area contributed by atoms with E-state index in [1.807, 2.05) is 71.4 Å². The Morgan fingerprint density at radius 3 is 1.60 bits per heavy atom. The number of halogens is 2. The molecule has 202 valence electrons. The fraction of sp³-hybridized carbons (Fsp3) is 0.0714. The predicted octanol–water partition coefficient (Wildman–Crippen LogP) is 8.37. The molecule has 5 rings (SSSR count). The predicted molar refractivity (Wildman–Crippen MR) is 172 cm³/mol. The van der Waals surface area contributed by atoms with Gasteiger partial charge in [-0.3, -0.25) is 10.9 Å². The third-order valence-electron chi connectivity index (χ3n) is 5.53. The van der Waals surface area contributed by atoms with Gasteiger partial charge in [-0.05, 0) is 41.5 Å². The third kappa shape index (κ3) is 6.94. The number of aromatic nitrogens is 2. The average Bonchev–Trinajstić information content (AvgIpc) is 3.62. The van der Waals surface area contributed by atoms with Crippen molar-refractivity contribution in [2.24, 2.45) is 10.2 Å². The van der Waals surface area contributed by atoms with E-state index in [0.717, 1.165) is 42.6 Å². The van der Waals surface area contributed by atoms with E-state index in [4.69, 9.17) is 19.4 Å². The van der Waals surface area contributed by atoms with Gasteiger partial charge in [-0.25, -0.2) is 9.97 Å². The van der Waals surface area contributed by atoms with Crippen molar-refractivity contribution >= 4 is 77.2 Å². The van der Waals surface area contributed by atoms with Crippen LogP contribution < -0.4 is 20.3 Å². The van der Waals surface area contributed by atoms with Crippen LogP contribution >= 0.6 is 54.5 Å². The molecule has 5 aromatic rings. The van der Waals surface area contributed by atoms with Gasteiger partial charge in [0.25, 0.3) is 0 Å². The SMILES string of the molecule is COc1cc(OC)c(-c2csc(NN=Cc3cccc(Br)c3)n2)cc1-c1csc(NN=Cc2cccc(Br)c2)n1. The number of ether oxygens (including phenoxy) is 2. The minimum absolute atomic E-state index is 0.641. The second-order valence-electron chi connectivity index (χ2n) is 8.18. The van der Waals surface area contributed by atoms with Crippen LogP contribution in [0.1, 0.15) is 11.1 Å². The molecular formula is C28H22Br2N6O2S2. The Morgan fingerprint density at radius 2 is 1.18 bits per heavy atom. The maximum Gasteiger partial charge on any atom is 0.203 e. The maximum atomic E-state index is 5.68. The van der Waals surface area contributed by atoms with Crippen molar-refractivity contribution in [1.29, 1.82) is 0 Å². The molecule has 2 heterocycles. The van der Waals surface area contributed by atoms with Crippen molar-refractivity contribution in [3.63, 3.8) is 0 Å². The Kier molecular flexibility index (Phi) is 9.22. The lowest BCUT2D eigenvalue weighted by Crippen LogP contribution is -1.95. The third-order valence-corrected chi connectivity index (χ3v) is 8.01. The number of hydrogen-bond donors (Lipinski definition) is 2. The molecule has 0 radical (unpaired) electrons. The zero-order valence-electron chi connectivity index (χ0n) is 21.3. The standard InChI is InChI=1S/C28H22Br2N6O2S2/c1-37-25-12-26(38-2)22(24-16-40-28(34-24)36-32-14-18-6-4-8-20(30)10-18)11-21(25)23-15-39-27(33-23)35-31-13-17-5-3-7-19(29)9-17/h3-16H,1-2H3,(H,33,35)(H,34,36). The molecule has 3 aromatic carbocycles. The monoisotopic (exact) mass is 696 g/mol. The molecule has 0 aliphatic carbocycles. The number of nitrogens with zero attached hydrogens (tertiary/aromatic N) is 4. The topological polar surface area (TPSA) is 93.0 Å². The number of rotatable bonds is 10. The minimum Gasteiger partial charge on any atom is -0.496 e. The lowest BCUT2D eigenvalue weighted by molar-refractivity contribution is 0.396. The number of hydrazone groups is 2. The number of nitrogens with one attached hydrogen (secondary N) is 2. The van der Waals surface area contributed by atoms with E-state index in [1.165, 1.54) is 22.7 Å². The van der Waals surface area contributed by atoms with Crippen molar-refractivity contribution in [3.05, 3.63) is 91.5 Å². The highest BCUT2D eigenvalue weighted by atomic mass is 79.9. The highest BCUT2D eigenvalue weighted by molar-refractivity contribution is 9.10. The van der Waals surface area contributed by atoms with Gasteiger partial charge < -0.3 is 9.47 Å². The van der Waals surface area contributed by atoms with Crippen molar-refractivity contribution < 1.29 is 9.47 Å². The van der Waals surface area contributed by atoms with Crippen molar-refractivity contribution in [1.82, 2.24) is 9.97 Å². The van der Waals surface area contributed by atoms with Crippen molar-refractivity contribution in [3.8, 4) is 34.0 Å². The van der Waals surface area contributed by atoms with Gasteiger partial charge in [0.2, 0.25) is 10.3 Å². The first-order chi connectivity index (χ1) is 19.5. The summed E-state index contributed by atoms with van der Waals surface area (Å²) in [5.74, 6) is 1.28. The molecule has 0 aliphatic heterocycles. The van der Waals surface area contributed by atoms with Gasteiger partial charge in [-0.1, -0.05) is 56.1 Å². The molecule has 0 bridgehead atoms. The molecule has 2 N–H and O–H groups in total. The molecule has 0 aliphatic rings.